The molecule has 2 atom stereocenters. The summed E-state index contributed by atoms with van der Waals surface area (Å²) in [6, 6.07) is 0.363. The second-order valence-electron chi connectivity index (χ2n) is 2.92. The minimum Gasteiger partial charge on any atom is -0.328 e. The molecule has 1 saturated carbocycles. The maximum Gasteiger partial charge on any atom is 0.0897 e. The number of rotatable bonds is 2. The molecule has 1 rings (SSSR count). The van der Waals surface area contributed by atoms with Gasteiger partial charge in [-0.2, -0.15) is 0 Å². The molecule has 2 heteroatoms. The van der Waals surface area contributed by atoms with E-state index in [0.717, 1.165) is 25.7 Å². The molecule has 2 N–H and O–H groups in total. The van der Waals surface area contributed by atoms with Crippen LogP contribution >= 0.6 is 0 Å². The standard InChI is InChI=1S/C7H14FN/c8-4-3-6-1-2-7(9)5-6/h6-7H,1-5,9H2. The zero-order valence-corrected chi connectivity index (χ0v) is 5.65. The first-order valence-electron chi connectivity index (χ1n) is 3.64. The Balaban J connectivity index is 2.14. The Labute approximate surface area is 55.4 Å². The summed E-state index contributed by atoms with van der Waals surface area (Å²) in [5, 5.41) is 0. The molecule has 1 aliphatic rings. The largest absolute Gasteiger partial charge is 0.328 e. The first kappa shape index (κ1) is 7.00. The Morgan fingerprint density at radius 2 is 2.22 bits per heavy atom. The van der Waals surface area contributed by atoms with Crippen molar-refractivity contribution in [1.82, 2.24) is 0 Å². The van der Waals surface area contributed by atoms with Gasteiger partial charge in [-0.1, -0.05) is 0 Å². The molecule has 0 radical (unpaired) electrons. The lowest BCUT2D eigenvalue weighted by molar-refractivity contribution is 0.389. The van der Waals surface area contributed by atoms with Crippen LogP contribution in [0, 0.1) is 5.92 Å². The molecule has 1 nitrogen and oxygen atoms in total. The highest BCUT2D eigenvalue weighted by atomic mass is 19.1. The van der Waals surface area contributed by atoms with Gasteiger partial charge in [0.1, 0.15) is 0 Å². The van der Waals surface area contributed by atoms with Gasteiger partial charge in [0.25, 0.3) is 0 Å². The van der Waals surface area contributed by atoms with Gasteiger partial charge < -0.3 is 5.73 Å². The van der Waals surface area contributed by atoms with E-state index in [9.17, 15) is 4.39 Å². The fraction of sp³-hybridized carbons (Fsp3) is 1.00. The van der Waals surface area contributed by atoms with E-state index in [0.29, 0.717) is 12.0 Å². The highest BCUT2D eigenvalue weighted by Crippen LogP contribution is 2.26. The molecule has 0 aromatic rings. The molecule has 9 heavy (non-hydrogen) atoms. The van der Waals surface area contributed by atoms with Crippen LogP contribution in [0.15, 0.2) is 0 Å². The smallest absolute Gasteiger partial charge is 0.0897 e. The molecule has 0 saturated heterocycles. The second-order valence-corrected chi connectivity index (χ2v) is 2.92. The van der Waals surface area contributed by atoms with Crippen LogP contribution in [0.4, 0.5) is 4.39 Å². The van der Waals surface area contributed by atoms with E-state index >= 15 is 0 Å². The molecule has 2 unspecified atom stereocenters. The maximum atomic E-state index is 11.7. The first-order valence-corrected chi connectivity index (χ1v) is 3.64. The van der Waals surface area contributed by atoms with E-state index in [-0.39, 0.29) is 6.67 Å². The molecule has 0 aromatic heterocycles. The van der Waals surface area contributed by atoms with Crippen molar-refractivity contribution in [1.29, 1.82) is 0 Å². The van der Waals surface area contributed by atoms with Crippen molar-refractivity contribution in [3.05, 3.63) is 0 Å². The van der Waals surface area contributed by atoms with E-state index in [1.165, 1.54) is 0 Å². The monoisotopic (exact) mass is 131 g/mol. The van der Waals surface area contributed by atoms with Crippen LogP contribution in [-0.2, 0) is 0 Å². The van der Waals surface area contributed by atoms with Gasteiger partial charge in [-0.3, -0.25) is 4.39 Å². The normalized spacial score (nSPS) is 35.3. The zero-order valence-electron chi connectivity index (χ0n) is 5.65. The van der Waals surface area contributed by atoms with Crippen LogP contribution in [0.1, 0.15) is 25.7 Å². The first-order chi connectivity index (χ1) is 4.33. The lowest BCUT2D eigenvalue weighted by atomic mass is 10.1. The summed E-state index contributed by atoms with van der Waals surface area (Å²) >= 11 is 0. The summed E-state index contributed by atoms with van der Waals surface area (Å²) in [6.07, 6.45) is 4.02. The van der Waals surface area contributed by atoms with Gasteiger partial charge in [0.2, 0.25) is 0 Å². The summed E-state index contributed by atoms with van der Waals surface area (Å²) < 4.78 is 11.7. The van der Waals surface area contributed by atoms with Crippen molar-refractivity contribution in [3.63, 3.8) is 0 Å². The average Bonchev–Trinajstić information content (AvgIpc) is 2.17. The molecule has 1 aliphatic carbocycles. The van der Waals surface area contributed by atoms with Gasteiger partial charge in [-0.15, -0.1) is 0 Å². The van der Waals surface area contributed by atoms with E-state index < -0.39 is 0 Å². The van der Waals surface area contributed by atoms with Crippen LogP contribution in [0.3, 0.4) is 0 Å². The predicted molar refractivity (Wildman–Crippen MR) is 35.9 cm³/mol. The summed E-state index contributed by atoms with van der Waals surface area (Å²) in [4.78, 5) is 0. The minimum atomic E-state index is -0.169. The van der Waals surface area contributed by atoms with E-state index in [1.54, 1.807) is 0 Å². The molecule has 54 valence electrons. The molecule has 0 bridgehead atoms. The summed E-state index contributed by atoms with van der Waals surface area (Å²) in [6.45, 7) is -0.169. The SMILES string of the molecule is NC1CCC(CCF)C1. The molecule has 0 heterocycles. The lowest BCUT2D eigenvalue weighted by Crippen LogP contribution is -2.14. The fourth-order valence-corrected chi connectivity index (χ4v) is 1.53. The molecule has 1 fully saturated rings. The molecule has 0 spiro atoms. The van der Waals surface area contributed by atoms with Crippen molar-refractivity contribution < 1.29 is 4.39 Å². The Kier molecular flexibility index (Phi) is 2.46. The lowest BCUT2D eigenvalue weighted by Gasteiger charge is -2.03. The number of hydrogen-bond donors (Lipinski definition) is 1. The Morgan fingerprint density at radius 1 is 1.44 bits per heavy atom. The van der Waals surface area contributed by atoms with Crippen LogP contribution in [0.25, 0.3) is 0 Å². The van der Waals surface area contributed by atoms with Crippen molar-refractivity contribution >= 4 is 0 Å². The predicted octanol–water partition coefficient (Wildman–Crippen LogP) is 1.47. The van der Waals surface area contributed by atoms with E-state index in [2.05, 4.69) is 0 Å². The van der Waals surface area contributed by atoms with Crippen molar-refractivity contribution in [2.24, 2.45) is 11.7 Å². The highest BCUT2D eigenvalue weighted by molar-refractivity contribution is 4.77. The third-order valence-corrected chi connectivity index (χ3v) is 2.10. The molecule has 0 amide bonds. The fourth-order valence-electron chi connectivity index (χ4n) is 1.53. The third kappa shape index (κ3) is 1.94. The Morgan fingerprint density at radius 3 is 2.67 bits per heavy atom. The van der Waals surface area contributed by atoms with Crippen LogP contribution in [0.5, 0.6) is 0 Å². The number of halogens is 1. The van der Waals surface area contributed by atoms with Gasteiger partial charge in [0.15, 0.2) is 0 Å². The van der Waals surface area contributed by atoms with Crippen LogP contribution in [0.2, 0.25) is 0 Å². The van der Waals surface area contributed by atoms with Gasteiger partial charge in [-0.25, -0.2) is 0 Å². The average molecular weight is 131 g/mol. The van der Waals surface area contributed by atoms with Crippen molar-refractivity contribution in [3.8, 4) is 0 Å². The van der Waals surface area contributed by atoms with Crippen LogP contribution < -0.4 is 5.73 Å². The molecular formula is C7H14FN. The highest BCUT2D eigenvalue weighted by Gasteiger charge is 2.20. The molecule has 0 aromatic carbocycles. The quantitative estimate of drug-likeness (QED) is 0.603. The van der Waals surface area contributed by atoms with E-state index in [1.807, 2.05) is 0 Å². The third-order valence-electron chi connectivity index (χ3n) is 2.10. The minimum absolute atomic E-state index is 0.169. The van der Waals surface area contributed by atoms with Crippen molar-refractivity contribution in [2.75, 3.05) is 6.67 Å². The van der Waals surface area contributed by atoms with Gasteiger partial charge in [0, 0.05) is 6.04 Å². The summed E-state index contributed by atoms with van der Waals surface area (Å²) in [5.74, 6) is 0.588. The Bertz CT molecular complexity index is 83.0. The number of hydrogen-bond acceptors (Lipinski definition) is 1. The second kappa shape index (κ2) is 3.16. The topological polar surface area (TPSA) is 26.0 Å². The Hall–Kier alpha value is -0.110. The summed E-state index contributed by atoms with van der Waals surface area (Å²) in [7, 11) is 0. The number of nitrogens with two attached hydrogens (primary N) is 1. The zero-order chi connectivity index (χ0) is 6.69. The number of alkyl halides is 1. The van der Waals surface area contributed by atoms with E-state index in [4.69, 9.17) is 5.73 Å². The molecular weight excluding hydrogens is 117 g/mol. The summed E-state index contributed by atoms with van der Waals surface area (Å²) in [5.41, 5.74) is 5.63. The van der Waals surface area contributed by atoms with Crippen molar-refractivity contribution in [2.45, 2.75) is 31.7 Å². The van der Waals surface area contributed by atoms with Gasteiger partial charge >= 0.3 is 0 Å². The van der Waals surface area contributed by atoms with Gasteiger partial charge in [-0.05, 0) is 31.6 Å². The van der Waals surface area contributed by atoms with Gasteiger partial charge in [0.05, 0.1) is 6.67 Å². The molecule has 0 aliphatic heterocycles. The maximum absolute atomic E-state index is 11.7. The van der Waals surface area contributed by atoms with Crippen LogP contribution in [-0.4, -0.2) is 12.7 Å².